The molecule has 1 amide bonds. The van der Waals surface area contributed by atoms with E-state index in [0.29, 0.717) is 16.5 Å². The fraction of sp³-hybridized carbons (Fsp3) is 0.286. The molecule has 0 saturated carbocycles. The van der Waals surface area contributed by atoms with Crippen LogP contribution in [0.5, 0.6) is 0 Å². The molecule has 0 aliphatic carbocycles. The molecule has 3 aromatic rings. The third-order valence-corrected chi connectivity index (χ3v) is 5.34. The van der Waals surface area contributed by atoms with Gasteiger partial charge in [0.05, 0.1) is 11.3 Å². The minimum Gasteiger partial charge on any atom is -0.325 e. The van der Waals surface area contributed by atoms with Crippen molar-refractivity contribution in [3.63, 3.8) is 0 Å². The van der Waals surface area contributed by atoms with Crippen molar-refractivity contribution in [2.45, 2.75) is 31.3 Å². The van der Waals surface area contributed by atoms with Crippen LogP contribution in [-0.4, -0.2) is 26.4 Å². The van der Waals surface area contributed by atoms with E-state index in [9.17, 15) is 9.18 Å². The fourth-order valence-corrected chi connectivity index (χ4v) is 3.41. The molecule has 0 saturated heterocycles. The predicted octanol–water partition coefficient (Wildman–Crippen LogP) is 4.65. The highest BCUT2D eigenvalue weighted by Gasteiger charge is 2.16. The number of amides is 1. The second kappa shape index (κ2) is 8.14. The molecule has 146 valence electrons. The third kappa shape index (κ3) is 4.59. The number of benzene rings is 2. The van der Waals surface area contributed by atoms with Gasteiger partial charge in [0, 0.05) is 12.7 Å². The maximum Gasteiger partial charge on any atom is 0.234 e. The predicted molar refractivity (Wildman–Crippen MR) is 111 cm³/mol. The number of rotatable bonds is 5. The molecular formula is C21H23FN4OS. The van der Waals surface area contributed by atoms with Crippen LogP contribution in [0.25, 0.3) is 11.4 Å². The molecule has 2 aromatic carbocycles. The first-order chi connectivity index (χ1) is 13.3. The highest BCUT2D eigenvalue weighted by molar-refractivity contribution is 7.99. The molecule has 0 atom stereocenters. The van der Waals surface area contributed by atoms with Crippen LogP contribution >= 0.6 is 11.8 Å². The van der Waals surface area contributed by atoms with Gasteiger partial charge in [0.2, 0.25) is 5.91 Å². The summed E-state index contributed by atoms with van der Waals surface area (Å²) in [6.45, 7) is 6.44. The summed E-state index contributed by atoms with van der Waals surface area (Å²) in [4.78, 5) is 12.3. The van der Waals surface area contributed by atoms with E-state index in [1.54, 1.807) is 29.8 Å². The van der Waals surface area contributed by atoms with Gasteiger partial charge in [0.15, 0.2) is 11.0 Å². The van der Waals surface area contributed by atoms with Crippen molar-refractivity contribution < 1.29 is 9.18 Å². The average molecular weight is 399 g/mol. The van der Waals surface area contributed by atoms with Crippen molar-refractivity contribution in [2.24, 2.45) is 7.05 Å². The van der Waals surface area contributed by atoms with Crippen LogP contribution in [0, 0.1) is 5.82 Å². The van der Waals surface area contributed by atoms with E-state index < -0.39 is 0 Å². The van der Waals surface area contributed by atoms with Gasteiger partial charge < -0.3 is 9.88 Å². The van der Waals surface area contributed by atoms with Crippen LogP contribution in [0.3, 0.4) is 0 Å². The number of carbonyl (C=O) groups excluding carboxylic acids is 1. The standard InChI is InChI=1S/C21H23FN4OS/c1-21(2,3)14-9-11-15(12-10-14)23-18(27)13-28-20-25-24-19(26(20)4)16-7-5-6-8-17(16)22/h5-12H,13H2,1-4H3,(H,23,27). The second-order valence-corrected chi connectivity index (χ2v) is 8.45. The molecule has 0 spiro atoms. The van der Waals surface area contributed by atoms with E-state index in [2.05, 4.69) is 36.3 Å². The number of thioether (sulfide) groups is 1. The zero-order chi connectivity index (χ0) is 20.3. The lowest BCUT2D eigenvalue weighted by Crippen LogP contribution is -2.15. The Morgan fingerprint density at radius 3 is 2.43 bits per heavy atom. The van der Waals surface area contributed by atoms with Crippen LogP contribution in [0.1, 0.15) is 26.3 Å². The zero-order valence-electron chi connectivity index (χ0n) is 16.4. The molecule has 1 aromatic heterocycles. The highest BCUT2D eigenvalue weighted by atomic mass is 32.2. The van der Waals surface area contributed by atoms with Gasteiger partial charge in [0.1, 0.15) is 5.82 Å². The van der Waals surface area contributed by atoms with Crippen molar-refractivity contribution in [1.82, 2.24) is 14.8 Å². The van der Waals surface area contributed by atoms with E-state index in [4.69, 9.17) is 0 Å². The Morgan fingerprint density at radius 1 is 1.11 bits per heavy atom. The number of nitrogens with zero attached hydrogens (tertiary/aromatic N) is 3. The van der Waals surface area contributed by atoms with Gasteiger partial charge in [-0.25, -0.2) is 4.39 Å². The molecule has 0 aliphatic rings. The van der Waals surface area contributed by atoms with E-state index in [1.807, 2.05) is 24.3 Å². The summed E-state index contributed by atoms with van der Waals surface area (Å²) in [5, 5.41) is 11.6. The van der Waals surface area contributed by atoms with Crippen molar-refractivity contribution in [3.05, 3.63) is 59.9 Å². The van der Waals surface area contributed by atoms with Crippen LogP contribution in [0.4, 0.5) is 10.1 Å². The van der Waals surface area contributed by atoms with Crippen LogP contribution in [0.15, 0.2) is 53.7 Å². The van der Waals surface area contributed by atoms with Gasteiger partial charge in [0.25, 0.3) is 0 Å². The Morgan fingerprint density at radius 2 is 1.79 bits per heavy atom. The normalized spacial score (nSPS) is 11.5. The lowest BCUT2D eigenvalue weighted by atomic mass is 9.87. The smallest absolute Gasteiger partial charge is 0.234 e. The monoisotopic (exact) mass is 398 g/mol. The van der Waals surface area contributed by atoms with E-state index in [1.165, 1.54) is 23.4 Å². The summed E-state index contributed by atoms with van der Waals surface area (Å²) in [7, 11) is 1.76. The Hall–Kier alpha value is -2.67. The van der Waals surface area contributed by atoms with Crippen molar-refractivity contribution in [1.29, 1.82) is 0 Å². The highest BCUT2D eigenvalue weighted by Crippen LogP contribution is 2.25. The molecule has 1 N–H and O–H groups in total. The number of hydrogen-bond donors (Lipinski definition) is 1. The molecule has 0 radical (unpaired) electrons. The summed E-state index contributed by atoms with van der Waals surface area (Å²) in [6, 6.07) is 14.3. The summed E-state index contributed by atoms with van der Waals surface area (Å²) in [5.41, 5.74) is 2.41. The zero-order valence-corrected chi connectivity index (χ0v) is 17.2. The SMILES string of the molecule is Cn1c(SCC(=O)Nc2ccc(C(C)(C)C)cc2)nnc1-c1ccccc1F. The lowest BCUT2D eigenvalue weighted by Gasteiger charge is -2.19. The molecule has 7 heteroatoms. The number of nitrogens with one attached hydrogen (secondary N) is 1. The van der Waals surface area contributed by atoms with Crippen molar-refractivity contribution in [3.8, 4) is 11.4 Å². The molecule has 1 heterocycles. The topological polar surface area (TPSA) is 59.8 Å². The van der Waals surface area contributed by atoms with Crippen molar-refractivity contribution >= 4 is 23.4 Å². The molecule has 28 heavy (non-hydrogen) atoms. The van der Waals surface area contributed by atoms with Crippen LogP contribution in [0.2, 0.25) is 0 Å². The summed E-state index contributed by atoms with van der Waals surface area (Å²) in [5.74, 6) is 0.123. The molecule has 5 nitrogen and oxygen atoms in total. The Kier molecular flexibility index (Phi) is 5.84. The van der Waals surface area contributed by atoms with Gasteiger partial charge in [-0.15, -0.1) is 10.2 Å². The van der Waals surface area contributed by atoms with Crippen LogP contribution < -0.4 is 5.32 Å². The van der Waals surface area contributed by atoms with E-state index >= 15 is 0 Å². The Bertz CT molecular complexity index is 977. The average Bonchev–Trinajstić information content (AvgIpc) is 3.00. The summed E-state index contributed by atoms with van der Waals surface area (Å²) < 4.78 is 15.7. The minimum atomic E-state index is -0.356. The maximum absolute atomic E-state index is 14.0. The summed E-state index contributed by atoms with van der Waals surface area (Å²) in [6.07, 6.45) is 0. The Labute approximate surface area is 168 Å². The van der Waals surface area contributed by atoms with Gasteiger partial charge in [-0.2, -0.15) is 0 Å². The molecule has 3 rings (SSSR count). The Balaban J connectivity index is 1.62. The first kappa shape index (κ1) is 20.1. The lowest BCUT2D eigenvalue weighted by molar-refractivity contribution is -0.113. The number of halogens is 1. The number of hydrogen-bond acceptors (Lipinski definition) is 4. The molecular weight excluding hydrogens is 375 g/mol. The number of aromatic nitrogens is 3. The quantitative estimate of drug-likeness (QED) is 0.636. The molecule has 0 aliphatic heterocycles. The van der Waals surface area contributed by atoms with Crippen LogP contribution in [-0.2, 0) is 17.3 Å². The van der Waals surface area contributed by atoms with Crippen molar-refractivity contribution in [2.75, 3.05) is 11.1 Å². The third-order valence-electron chi connectivity index (χ3n) is 4.32. The van der Waals surface area contributed by atoms with Gasteiger partial charge in [-0.3, -0.25) is 4.79 Å². The van der Waals surface area contributed by atoms with Gasteiger partial charge in [-0.1, -0.05) is 56.8 Å². The first-order valence-corrected chi connectivity index (χ1v) is 9.92. The second-order valence-electron chi connectivity index (χ2n) is 7.51. The molecule has 0 fully saturated rings. The fourth-order valence-electron chi connectivity index (χ4n) is 2.70. The van der Waals surface area contributed by atoms with E-state index in [0.717, 1.165) is 5.69 Å². The first-order valence-electron chi connectivity index (χ1n) is 8.93. The van der Waals surface area contributed by atoms with E-state index in [-0.39, 0.29) is 22.9 Å². The largest absolute Gasteiger partial charge is 0.325 e. The number of anilines is 1. The maximum atomic E-state index is 14.0. The minimum absolute atomic E-state index is 0.0690. The molecule has 0 unspecified atom stereocenters. The summed E-state index contributed by atoms with van der Waals surface area (Å²) >= 11 is 1.26. The number of carbonyl (C=O) groups is 1. The molecule has 0 bridgehead atoms. The van der Waals surface area contributed by atoms with Gasteiger partial charge >= 0.3 is 0 Å². The van der Waals surface area contributed by atoms with Gasteiger partial charge in [-0.05, 0) is 35.2 Å².